The molecule has 1 aromatic rings. The number of aromatic nitrogens is 1. The number of ether oxygens (including phenoxy) is 1. The summed E-state index contributed by atoms with van der Waals surface area (Å²) in [5.41, 5.74) is -0.376. The maximum atomic E-state index is 11.5. The van der Waals surface area contributed by atoms with Gasteiger partial charge in [0.05, 0.1) is 6.61 Å². The van der Waals surface area contributed by atoms with Crippen molar-refractivity contribution >= 4 is 5.97 Å². The van der Waals surface area contributed by atoms with Crippen LogP contribution < -0.4 is 0 Å². The molecular formula is C11H14N2O3. The molecule has 0 radical (unpaired) electrons. The summed E-state index contributed by atoms with van der Waals surface area (Å²) < 4.78 is 10.0. The van der Waals surface area contributed by atoms with E-state index in [1.54, 1.807) is 6.92 Å². The molecule has 5 nitrogen and oxygen atoms in total. The SMILES string of the molecule is CCOC(=O)c1oc(C(C)(C)C)nc1C#N. The molecular weight excluding hydrogens is 208 g/mol. The minimum Gasteiger partial charge on any atom is -0.460 e. The van der Waals surface area contributed by atoms with Gasteiger partial charge < -0.3 is 9.15 Å². The van der Waals surface area contributed by atoms with E-state index in [0.717, 1.165) is 0 Å². The van der Waals surface area contributed by atoms with Crippen molar-refractivity contribution in [3.8, 4) is 6.07 Å². The Balaban J connectivity index is 3.16. The number of nitrogens with zero attached hydrogens (tertiary/aromatic N) is 2. The minimum absolute atomic E-state index is 0.0247. The van der Waals surface area contributed by atoms with E-state index >= 15 is 0 Å². The van der Waals surface area contributed by atoms with Crippen LogP contribution in [0.5, 0.6) is 0 Å². The lowest BCUT2D eigenvalue weighted by Gasteiger charge is -2.11. The maximum absolute atomic E-state index is 11.5. The fourth-order valence-electron chi connectivity index (χ4n) is 1.05. The molecule has 16 heavy (non-hydrogen) atoms. The molecule has 0 aliphatic heterocycles. The van der Waals surface area contributed by atoms with Gasteiger partial charge in [-0.3, -0.25) is 0 Å². The van der Waals surface area contributed by atoms with Gasteiger partial charge in [0.1, 0.15) is 6.07 Å². The molecule has 0 saturated carbocycles. The van der Waals surface area contributed by atoms with Crippen LogP contribution in [0.4, 0.5) is 0 Å². The smallest absolute Gasteiger partial charge is 0.377 e. The number of hydrogen-bond donors (Lipinski definition) is 0. The third kappa shape index (κ3) is 2.40. The summed E-state index contributed by atoms with van der Waals surface area (Å²) in [5, 5.41) is 8.83. The zero-order valence-corrected chi connectivity index (χ0v) is 9.83. The van der Waals surface area contributed by atoms with E-state index in [2.05, 4.69) is 4.98 Å². The third-order valence-electron chi connectivity index (χ3n) is 1.84. The van der Waals surface area contributed by atoms with E-state index in [1.807, 2.05) is 26.8 Å². The number of nitriles is 1. The fraction of sp³-hybridized carbons (Fsp3) is 0.545. The molecule has 0 aromatic carbocycles. The first-order chi connectivity index (χ1) is 7.40. The number of carbonyl (C=O) groups excluding carboxylic acids is 1. The highest BCUT2D eigenvalue weighted by Crippen LogP contribution is 2.24. The Bertz CT molecular complexity index is 435. The molecule has 0 N–H and O–H groups in total. The predicted octanol–water partition coefficient (Wildman–Crippen LogP) is 2.02. The zero-order chi connectivity index (χ0) is 12.3. The zero-order valence-electron chi connectivity index (χ0n) is 9.83. The average molecular weight is 222 g/mol. The van der Waals surface area contributed by atoms with E-state index < -0.39 is 5.97 Å². The van der Waals surface area contributed by atoms with Crippen LogP contribution in [0.25, 0.3) is 0 Å². The maximum Gasteiger partial charge on any atom is 0.377 e. The third-order valence-corrected chi connectivity index (χ3v) is 1.84. The lowest BCUT2D eigenvalue weighted by Crippen LogP contribution is -2.11. The van der Waals surface area contributed by atoms with Crippen LogP contribution in [-0.2, 0) is 10.2 Å². The largest absolute Gasteiger partial charge is 0.460 e. The predicted molar refractivity (Wildman–Crippen MR) is 55.9 cm³/mol. The molecule has 0 saturated heterocycles. The Morgan fingerprint density at radius 2 is 2.19 bits per heavy atom. The second-order valence-electron chi connectivity index (χ2n) is 4.28. The number of esters is 1. The molecule has 86 valence electrons. The molecule has 0 aliphatic carbocycles. The molecule has 5 heteroatoms. The molecule has 0 amide bonds. The molecule has 0 unspecified atom stereocenters. The highest BCUT2D eigenvalue weighted by Gasteiger charge is 2.27. The Labute approximate surface area is 94.0 Å². The van der Waals surface area contributed by atoms with E-state index in [4.69, 9.17) is 14.4 Å². The van der Waals surface area contributed by atoms with Gasteiger partial charge in [0.15, 0.2) is 5.69 Å². The number of carbonyl (C=O) groups is 1. The van der Waals surface area contributed by atoms with E-state index in [1.165, 1.54) is 0 Å². The highest BCUT2D eigenvalue weighted by molar-refractivity contribution is 5.88. The molecule has 1 rings (SSSR count). The Morgan fingerprint density at radius 1 is 1.56 bits per heavy atom. The Kier molecular flexibility index (Phi) is 3.33. The first-order valence-corrected chi connectivity index (χ1v) is 4.98. The van der Waals surface area contributed by atoms with Crippen LogP contribution in [0.2, 0.25) is 0 Å². The number of rotatable bonds is 2. The second-order valence-corrected chi connectivity index (χ2v) is 4.28. The van der Waals surface area contributed by atoms with Crippen LogP contribution in [0.3, 0.4) is 0 Å². The second kappa shape index (κ2) is 4.35. The van der Waals surface area contributed by atoms with Gasteiger partial charge in [-0.1, -0.05) is 20.8 Å². The molecule has 0 aliphatic rings. The van der Waals surface area contributed by atoms with Crippen molar-refractivity contribution in [2.24, 2.45) is 0 Å². The minimum atomic E-state index is -0.651. The topological polar surface area (TPSA) is 76.1 Å². The summed E-state index contributed by atoms with van der Waals surface area (Å²) >= 11 is 0. The van der Waals surface area contributed by atoms with Gasteiger partial charge in [0.25, 0.3) is 0 Å². The van der Waals surface area contributed by atoms with Crippen LogP contribution in [-0.4, -0.2) is 17.6 Å². The summed E-state index contributed by atoms with van der Waals surface area (Å²) in [6, 6.07) is 1.82. The van der Waals surface area contributed by atoms with Crippen molar-refractivity contribution in [1.29, 1.82) is 5.26 Å². The van der Waals surface area contributed by atoms with Crippen LogP contribution >= 0.6 is 0 Å². The lowest BCUT2D eigenvalue weighted by molar-refractivity contribution is 0.0486. The van der Waals surface area contributed by atoms with Crippen molar-refractivity contribution in [2.75, 3.05) is 6.61 Å². The van der Waals surface area contributed by atoms with Crippen molar-refractivity contribution in [2.45, 2.75) is 33.1 Å². The van der Waals surface area contributed by atoms with Crippen LogP contribution in [0, 0.1) is 11.3 Å². The van der Waals surface area contributed by atoms with Gasteiger partial charge in [-0.15, -0.1) is 0 Å². The standard InChI is InChI=1S/C11H14N2O3/c1-5-15-9(14)8-7(6-12)13-10(16-8)11(2,3)4/h5H2,1-4H3. The van der Waals surface area contributed by atoms with Gasteiger partial charge in [-0.2, -0.15) is 5.26 Å². The van der Waals surface area contributed by atoms with Gasteiger partial charge >= 0.3 is 5.97 Å². The first-order valence-electron chi connectivity index (χ1n) is 4.98. The molecule has 1 heterocycles. The van der Waals surface area contributed by atoms with Crippen molar-refractivity contribution in [1.82, 2.24) is 4.98 Å². The lowest BCUT2D eigenvalue weighted by atomic mass is 9.97. The monoisotopic (exact) mass is 222 g/mol. The van der Waals surface area contributed by atoms with Crippen molar-refractivity contribution in [3.63, 3.8) is 0 Å². The Hall–Kier alpha value is -1.83. The molecule has 0 fully saturated rings. The van der Waals surface area contributed by atoms with Gasteiger partial charge in [0.2, 0.25) is 11.7 Å². The molecule has 0 spiro atoms. The summed E-state index contributed by atoms with van der Waals surface area (Å²) in [7, 11) is 0. The summed E-state index contributed by atoms with van der Waals surface area (Å²) in [6.07, 6.45) is 0. The van der Waals surface area contributed by atoms with Crippen molar-refractivity contribution < 1.29 is 13.9 Å². The fourth-order valence-corrected chi connectivity index (χ4v) is 1.05. The quantitative estimate of drug-likeness (QED) is 0.715. The summed E-state index contributed by atoms with van der Waals surface area (Å²) in [6.45, 7) is 7.57. The van der Waals surface area contributed by atoms with E-state index in [0.29, 0.717) is 5.89 Å². The van der Waals surface area contributed by atoms with Gasteiger partial charge in [-0.05, 0) is 6.92 Å². The first kappa shape index (κ1) is 12.2. The van der Waals surface area contributed by atoms with E-state index in [9.17, 15) is 4.79 Å². The molecule has 0 bridgehead atoms. The number of hydrogen-bond acceptors (Lipinski definition) is 5. The van der Waals surface area contributed by atoms with Crippen molar-refractivity contribution in [3.05, 3.63) is 17.3 Å². The summed E-state index contributed by atoms with van der Waals surface area (Å²) in [5.74, 6) is -0.413. The molecule has 0 atom stereocenters. The Morgan fingerprint density at radius 3 is 2.62 bits per heavy atom. The normalized spacial score (nSPS) is 10.9. The van der Waals surface area contributed by atoms with Gasteiger partial charge in [0, 0.05) is 5.41 Å². The summed E-state index contributed by atoms with van der Waals surface area (Å²) in [4.78, 5) is 15.4. The van der Waals surface area contributed by atoms with E-state index in [-0.39, 0.29) is 23.5 Å². The number of oxazole rings is 1. The van der Waals surface area contributed by atoms with Crippen LogP contribution in [0.1, 0.15) is 49.8 Å². The molecule has 1 aromatic heterocycles. The average Bonchev–Trinajstić information content (AvgIpc) is 2.61. The van der Waals surface area contributed by atoms with Crippen LogP contribution in [0.15, 0.2) is 4.42 Å². The highest BCUT2D eigenvalue weighted by atomic mass is 16.5. The van der Waals surface area contributed by atoms with Gasteiger partial charge in [-0.25, -0.2) is 9.78 Å².